The van der Waals surface area contributed by atoms with E-state index in [1.165, 1.54) is 0 Å². The van der Waals surface area contributed by atoms with Gasteiger partial charge in [0.25, 0.3) is 0 Å². The predicted octanol–water partition coefficient (Wildman–Crippen LogP) is 2.41. The Morgan fingerprint density at radius 3 is 2.33 bits per heavy atom. The lowest BCUT2D eigenvalue weighted by atomic mass is 10.4. The standard InChI is InChI=1S/C7H11BrF3N/c1-12(5-2-3-5)4-6(8)7(9,10)11/h5-6H,2-4H2,1H3. The average Bonchev–Trinajstić information content (AvgIpc) is 2.65. The molecule has 0 aromatic carbocycles. The second kappa shape index (κ2) is 3.54. The Labute approximate surface area is 78.0 Å². The summed E-state index contributed by atoms with van der Waals surface area (Å²) < 4.78 is 36.1. The van der Waals surface area contributed by atoms with E-state index < -0.39 is 11.0 Å². The van der Waals surface area contributed by atoms with Gasteiger partial charge in [0, 0.05) is 12.6 Å². The van der Waals surface area contributed by atoms with Gasteiger partial charge >= 0.3 is 6.18 Å². The van der Waals surface area contributed by atoms with E-state index in [1.807, 2.05) is 0 Å². The van der Waals surface area contributed by atoms with Crippen LogP contribution in [-0.4, -0.2) is 35.5 Å². The van der Waals surface area contributed by atoms with Crippen LogP contribution in [0.1, 0.15) is 12.8 Å². The smallest absolute Gasteiger partial charge is 0.302 e. The van der Waals surface area contributed by atoms with E-state index in [-0.39, 0.29) is 6.54 Å². The molecule has 0 aromatic heterocycles. The third-order valence-corrected chi connectivity index (χ3v) is 2.78. The molecule has 1 aliphatic rings. The number of nitrogens with zero attached hydrogens (tertiary/aromatic N) is 1. The molecule has 0 heterocycles. The van der Waals surface area contributed by atoms with Crippen LogP contribution in [0.2, 0.25) is 0 Å². The zero-order valence-corrected chi connectivity index (χ0v) is 8.32. The van der Waals surface area contributed by atoms with Crippen molar-refractivity contribution in [3.05, 3.63) is 0 Å². The first kappa shape index (κ1) is 10.3. The molecule has 1 saturated carbocycles. The SMILES string of the molecule is CN(CC(Br)C(F)(F)F)C1CC1. The van der Waals surface area contributed by atoms with Gasteiger partial charge in [-0.05, 0) is 19.9 Å². The van der Waals surface area contributed by atoms with Crippen molar-refractivity contribution in [1.29, 1.82) is 0 Å². The highest BCUT2D eigenvalue weighted by atomic mass is 79.9. The fourth-order valence-corrected chi connectivity index (χ4v) is 1.48. The Morgan fingerprint density at radius 2 is 2.00 bits per heavy atom. The minimum Gasteiger partial charge on any atom is -0.302 e. The minimum absolute atomic E-state index is 0.0498. The Bertz CT molecular complexity index is 155. The molecule has 0 amide bonds. The third kappa shape index (κ3) is 2.94. The molecule has 1 unspecified atom stereocenters. The van der Waals surface area contributed by atoms with Crippen LogP contribution in [0.4, 0.5) is 13.2 Å². The van der Waals surface area contributed by atoms with Crippen LogP contribution < -0.4 is 0 Å². The molecule has 0 aliphatic heterocycles. The Balaban J connectivity index is 2.29. The first-order valence-corrected chi connectivity index (χ1v) is 4.74. The van der Waals surface area contributed by atoms with E-state index in [0.29, 0.717) is 6.04 Å². The lowest BCUT2D eigenvalue weighted by molar-refractivity contribution is -0.130. The van der Waals surface area contributed by atoms with Gasteiger partial charge in [0.1, 0.15) is 4.83 Å². The van der Waals surface area contributed by atoms with Gasteiger partial charge in [0.2, 0.25) is 0 Å². The Kier molecular flexibility index (Phi) is 3.04. The van der Waals surface area contributed by atoms with E-state index in [0.717, 1.165) is 12.8 Å². The summed E-state index contributed by atoms with van der Waals surface area (Å²) >= 11 is 2.63. The van der Waals surface area contributed by atoms with Gasteiger partial charge in [-0.15, -0.1) is 0 Å². The van der Waals surface area contributed by atoms with Crippen molar-refractivity contribution in [3.63, 3.8) is 0 Å². The van der Waals surface area contributed by atoms with Gasteiger partial charge in [-0.2, -0.15) is 13.2 Å². The molecular formula is C7H11BrF3N. The van der Waals surface area contributed by atoms with E-state index in [4.69, 9.17) is 0 Å². The molecule has 5 heteroatoms. The molecule has 0 saturated heterocycles. The second-order valence-electron chi connectivity index (χ2n) is 3.18. The summed E-state index contributed by atoms with van der Waals surface area (Å²) in [6.07, 6.45) is -2.05. The summed E-state index contributed by atoms with van der Waals surface area (Å²) in [5.41, 5.74) is 0. The van der Waals surface area contributed by atoms with E-state index in [2.05, 4.69) is 15.9 Å². The fourth-order valence-electron chi connectivity index (χ4n) is 1.02. The maximum atomic E-state index is 12.0. The van der Waals surface area contributed by atoms with Crippen LogP contribution in [0, 0.1) is 0 Å². The molecule has 12 heavy (non-hydrogen) atoms. The minimum atomic E-state index is -4.12. The van der Waals surface area contributed by atoms with E-state index in [9.17, 15) is 13.2 Å². The highest BCUT2D eigenvalue weighted by molar-refractivity contribution is 9.09. The average molecular weight is 246 g/mol. The number of alkyl halides is 4. The number of hydrogen-bond donors (Lipinski definition) is 0. The first-order valence-electron chi connectivity index (χ1n) is 3.82. The summed E-state index contributed by atoms with van der Waals surface area (Å²) in [7, 11) is 1.73. The molecule has 1 aliphatic carbocycles. The molecule has 1 rings (SSSR count). The monoisotopic (exact) mass is 245 g/mol. The van der Waals surface area contributed by atoms with E-state index >= 15 is 0 Å². The van der Waals surface area contributed by atoms with Gasteiger partial charge in [-0.1, -0.05) is 15.9 Å². The topological polar surface area (TPSA) is 3.24 Å². The maximum Gasteiger partial charge on any atom is 0.402 e. The molecule has 1 atom stereocenters. The van der Waals surface area contributed by atoms with E-state index in [1.54, 1.807) is 11.9 Å². The largest absolute Gasteiger partial charge is 0.402 e. The summed E-state index contributed by atoms with van der Waals surface area (Å²) in [5.74, 6) is 0. The number of hydrogen-bond acceptors (Lipinski definition) is 1. The molecule has 0 N–H and O–H groups in total. The van der Waals surface area contributed by atoms with Crippen LogP contribution in [0.5, 0.6) is 0 Å². The second-order valence-corrected chi connectivity index (χ2v) is 4.29. The van der Waals surface area contributed by atoms with Crippen molar-refractivity contribution in [2.75, 3.05) is 13.6 Å². The summed E-state index contributed by atoms with van der Waals surface area (Å²) in [6.45, 7) is 0.0498. The van der Waals surface area contributed by atoms with Crippen molar-refractivity contribution in [2.45, 2.75) is 29.9 Å². The lowest BCUT2D eigenvalue weighted by Gasteiger charge is -2.21. The molecule has 72 valence electrons. The molecule has 0 spiro atoms. The number of halogens is 4. The van der Waals surface area contributed by atoms with Crippen LogP contribution >= 0.6 is 15.9 Å². The molecule has 0 aromatic rings. The lowest BCUT2D eigenvalue weighted by Crippen LogP contribution is -2.36. The van der Waals surface area contributed by atoms with Gasteiger partial charge in [0.05, 0.1) is 0 Å². The van der Waals surface area contributed by atoms with Crippen molar-refractivity contribution in [2.24, 2.45) is 0 Å². The molecule has 0 bridgehead atoms. The zero-order chi connectivity index (χ0) is 9.35. The van der Waals surface area contributed by atoms with Gasteiger partial charge in [-0.25, -0.2) is 0 Å². The molecule has 1 nitrogen and oxygen atoms in total. The zero-order valence-electron chi connectivity index (χ0n) is 6.74. The van der Waals surface area contributed by atoms with Gasteiger partial charge in [0.15, 0.2) is 0 Å². The van der Waals surface area contributed by atoms with Crippen LogP contribution in [0.3, 0.4) is 0 Å². The van der Waals surface area contributed by atoms with Gasteiger partial charge < -0.3 is 4.90 Å². The Hall–Kier alpha value is 0.230. The molecular weight excluding hydrogens is 235 g/mol. The van der Waals surface area contributed by atoms with Crippen LogP contribution in [0.15, 0.2) is 0 Å². The highest BCUT2D eigenvalue weighted by Crippen LogP contribution is 2.31. The molecule has 1 fully saturated rings. The summed E-state index contributed by atoms with van der Waals surface area (Å²) in [4.78, 5) is 0.364. The van der Waals surface area contributed by atoms with Crippen LogP contribution in [-0.2, 0) is 0 Å². The normalized spacial score (nSPS) is 21.5. The van der Waals surface area contributed by atoms with Crippen LogP contribution in [0.25, 0.3) is 0 Å². The quantitative estimate of drug-likeness (QED) is 0.691. The highest BCUT2D eigenvalue weighted by Gasteiger charge is 2.40. The van der Waals surface area contributed by atoms with Crippen molar-refractivity contribution < 1.29 is 13.2 Å². The fraction of sp³-hybridized carbons (Fsp3) is 1.00. The maximum absolute atomic E-state index is 12.0. The van der Waals surface area contributed by atoms with Gasteiger partial charge in [-0.3, -0.25) is 0 Å². The van der Waals surface area contributed by atoms with Crippen molar-refractivity contribution >= 4 is 15.9 Å². The summed E-state index contributed by atoms with van der Waals surface area (Å²) in [5, 5.41) is 0. The first-order chi connectivity index (χ1) is 5.41. The van der Waals surface area contributed by atoms with Crippen molar-refractivity contribution in [3.8, 4) is 0 Å². The molecule has 0 radical (unpaired) electrons. The predicted molar refractivity (Wildman–Crippen MR) is 44.4 cm³/mol. The third-order valence-electron chi connectivity index (χ3n) is 1.97. The Morgan fingerprint density at radius 1 is 1.50 bits per heavy atom. The number of rotatable bonds is 3. The van der Waals surface area contributed by atoms with Crippen molar-refractivity contribution in [1.82, 2.24) is 4.90 Å². The summed E-state index contributed by atoms with van der Waals surface area (Å²) in [6, 6.07) is 0.382.